The molecule has 162 valence electrons. The van der Waals surface area contributed by atoms with E-state index >= 15 is 0 Å². The molecule has 2 fully saturated rings. The summed E-state index contributed by atoms with van der Waals surface area (Å²) < 4.78 is 4.99. The van der Waals surface area contributed by atoms with E-state index in [1.54, 1.807) is 18.5 Å². The Morgan fingerprint density at radius 1 is 0.897 bits per heavy atom. The van der Waals surface area contributed by atoms with Crippen molar-refractivity contribution >= 4 is 30.5 Å². The van der Waals surface area contributed by atoms with Crippen molar-refractivity contribution in [2.75, 3.05) is 13.2 Å². The topological polar surface area (TPSA) is 83.8 Å². The maximum Gasteiger partial charge on any atom is 0.0644 e. The fraction of sp³-hybridized carbons (Fsp3) is 0.625. The van der Waals surface area contributed by atoms with Crippen molar-refractivity contribution in [3.8, 4) is 0 Å². The molecule has 13 heteroatoms. The van der Waals surface area contributed by atoms with E-state index in [1.807, 2.05) is 26.7 Å². The zero-order chi connectivity index (χ0) is 18.1. The number of rotatable bonds is 2. The Kier molecular flexibility index (Phi) is 83.9. The first-order chi connectivity index (χ1) is 11.0. The first-order valence-corrected chi connectivity index (χ1v) is 8.52. The minimum Gasteiger partial charge on any atom is -0.537 e. The summed E-state index contributed by atoms with van der Waals surface area (Å²) in [5.41, 5.74) is 0. The molecule has 4 radical (unpaired) electrons. The molecule has 2 aliphatic rings. The van der Waals surface area contributed by atoms with E-state index in [2.05, 4.69) is 12.8 Å². The Morgan fingerprint density at radius 2 is 1.28 bits per heavy atom. The van der Waals surface area contributed by atoms with Gasteiger partial charge in [0.15, 0.2) is 0 Å². The number of carbonyl (C=O) groups excluding carboxylic acids is 2. The fourth-order valence-corrected chi connectivity index (χ4v) is 2.16. The SMILES string of the molecule is C[CH-]C1[CH-]CCC1O.C[CH-]C1[CH-]COCC1O.O=[C-]P.O=[C-]P.[W].[W].[Y].[Y].[Y].[Y]. The molecule has 0 bridgehead atoms. The van der Waals surface area contributed by atoms with Crippen LogP contribution in [0.2, 0.25) is 0 Å². The summed E-state index contributed by atoms with van der Waals surface area (Å²) >= 11 is 0. The van der Waals surface area contributed by atoms with Gasteiger partial charge in [0.25, 0.3) is 0 Å². The molecule has 1 saturated carbocycles. The number of hydrogen-bond acceptors (Lipinski definition) is 5. The van der Waals surface area contributed by atoms with E-state index in [1.165, 1.54) is 12.1 Å². The van der Waals surface area contributed by atoms with Crippen LogP contribution < -0.4 is 0 Å². The molecule has 0 amide bonds. The Morgan fingerprint density at radius 3 is 1.48 bits per heavy atom. The summed E-state index contributed by atoms with van der Waals surface area (Å²) in [6, 6.07) is 2.83. The van der Waals surface area contributed by atoms with Gasteiger partial charge in [0, 0.05) is 185 Å². The first-order valence-electron chi connectivity index (χ1n) is 7.37. The van der Waals surface area contributed by atoms with Gasteiger partial charge in [-0.2, -0.15) is 20.3 Å². The van der Waals surface area contributed by atoms with Gasteiger partial charge in [-0.25, -0.2) is 12.1 Å². The van der Waals surface area contributed by atoms with Gasteiger partial charge in [0.05, 0.1) is 6.61 Å². The third-order valence-corrected chi connectivity index (χ3v) is 3.33. The van der Waals surface area contributed by atoms with Crippen molar-refractivity contribution in [1.29, 1.82) is 0 Å². The third kappa shape index (κ3) is 36.1. The van der Waals surface area contributed by atoms with Crippen LogP contribution in [-0.4, -0.2) is 47.7 Å². The van der Waals surface area contributed by atoms with Crippen LogP contribution in [0.4, 0.5) is 0 Å². The Labute approximate surface area is 311 Å². The van der Waals surface area contributed by atoms with Crippen LogP contribution >= 0.6 is 18.5 Å². The summed E-state index contributed by atoms with van der Waals surface area (Å²) in [6.07, 6.45) is 9.83. The number of ether oxygens (including phenoxy) is 1. The van der Waals surface area contributed by atoms with Crippen molar-refractivity contribution in [3.05, 3.63) is 25.7 Å². The van der Waals surface area contributed by atoms with E-state index in [0.717, 1.165) is 12.8 Å². The molecular weight excluding hydrogens is 1060 g/mol. The van der Waals surface area contributed by atoms with Crippen LogP contribution in [0, 0.1) is 37.5 Å². The predicted octanol–water partition coefficient (Wildman–Crippen LogP) is 1.45. The molecule has 2 rings (SSSR count). The van der Waals surface area contributed by atoms with E-state index < -0.39 is 0 Å². The monoisotopic (exact) mass is 1090 g/mol. The Balaban J connectivity index is -0.0000000345. The largest absolute Gasteiger partial charge is 0.537 e. The number of aliphatic hydroxyl groups excluding tert-OH is 2. The van der Waals surface area contributed by atoms with Crippen molar-refractivity contribution in [2.45, 2.75) is 38.9 Å². The van der Waals surface area contributed by atoms with Crippen LogP contribution in [-0.2, 0) is 187 Å². The molecule has 0 spiro atoms. The van der Waals surface area contributed by atoms with Crippen LogP contribution in [0.3, 0.4) is 0 Å². The zero-order valence-electron chi connectivity index (χ0n) is 16.8. The van der Waals surface area contributed by atoms with E-state index in [9.17, 15) is 5.11 Å². The predicted molar refractivity (Wildman–Crippen MR) is 98.4 cm³/mol. The maximum atomic E-state index is 9.18. The molecule has 1 heterocycles. The molecule has 29 heavy (non-hydrogen) atoms. The molecule has 6 atom stereocenters. The molecule has 0 aromatic rings. The molecule has 2 N–H and O–H groups in total. The van der Waals surface area contributed by atoms with Crippen LogP contribution in [0.15, 0.2) is 0 Å². The van der Waals surface area contributed by atoms with Crippen molar-refractivity contribution in [1.82, 2.24) is 0 Å². The summed E-state index contributed by atoms with van der Waals surface area (Å²) in [7, 11) is 3.55. The quantitative estimate of drug-likeness (QED) is 0.324. The molecule has 0 aromatic heterocycles. The van der Waals surface area contributed by atoms with Crippen molar-refractivity contribution in [3.63, 3.8) is 0 Å². The second kappa shape index (κ2) is 43.9. The van der Waals surface area contributed by atoms with Crippen LogP contribution in [0.5, 0.6) is 0 Å². The van der Waals surface area contributed by atoms with Gasteiger partial charge in [0.1, 0.15) is 0 Å². The minimum absolute atomic E-state index is 0. The normalized spacial score (nSPS) is 22.8. The standard InChI is InChI=1S/C7H12O2.C7H12O.2CH2OP.2W.4Y/c1-2-6-3-4-9-5-7(6)8;1-2-6-4-3-5-7(6)8;2*2-1-3;;;;;;/h2-3,6-8H,4-5H2,1H3;2,4,6-8H,3,5H2,1H3;2*3H2;;;;;;/q2*-2;2*-1;;;;;;. The number of aliphatic hydroxyl groups is 2. The molecule has 1 aliphatic carbocycles. The Bertz CT molecular complexity index is 300. The van der Waals surface area contributed by atoms with Gasteiger partial charge in [-0.05, 0) is 0 Å². The average Bonchev–Trinajstić information content (AvgIpc) is 2.95. The van der Waals surface area contributed by atoms with Crippen LogP contribution in [0.1, 0.15) is 26.7 Å². The second-order valence-corrected chi connectivity index (χ2v) is 5.25. The fourth-order valence-electron chi connectivity index (χ4n) is 2.16. The molecule has 1 aliphatic heterocycles. The molecular formula is C16H28O5P2W2Y4-6. The smallest absolute Gasteiger partial charge is 0.0644 e. The van der Waals surface area contributed by atoms with Gasteiger partial charge < -0.3 is 50.2 Å². The van der Waals surface area contributed by atoms with Crippen LogP contribution in [0.25, 0.3) is 0 Å². The average molecular weight is 1090 g/mol. The van der Waals surface area contributed by atoms with Gasteiger partial charge in [-0.15, -0.1) is 0 Å². The second-order valence-electron chi connectivity index (χ2n) is 4.78. The molecule has 1 saturated heterocycles. The van der Waals surface area contributed by atoms with Gasteiger partial charge in [-0.1, -0.05) is 13.0 Å². The maximum absolute atomic E-state index is 9.18. The first kappa shape index (κ1) is 55.4. The molecule has 6 unspecified atom stereocenters. The van der Waals surface area contributed by atoms with Crippen molar-refractivity contribution in [2.24, 2.45) is 11.8 Å². The zero-order valence-corrected chi connectivity index (χ0v) is 36.4. The summed E-state index contributed by atoms with van der Waals surface area (Å²) in [6.45, 7) is 5.10. The van der Waals surface area contributed by atoms with Gasteiger partial charge in [-0.3, -0.25) is 30.3 Å². The summed E-state index contributed by atoms with van der Waals surface area (Å²) in [5, 5.41) is 18.3. The summed E-state index contributed by atoms with van der Waals surface area (Å²) in [4.78, 5) is 17.3. The number of hydrogen-bond donors (Lipinski definition) is 2. The van der Waals surface area contributed by atoms with Gasteiger partial charge >= 0.3 is 0 Å². The van der Waals surface area contributed by atoms with E-state index in [-0.39, 0.29) is 191 Å². The summed E-state index contributed by atoms with van der Waals surface area (Å²) in [5.74, 6) is 0.605. The minimum atomic E-state index is -0.316. The Hall–Kier alpha value is 5.87. The third-order valence-electron chi connectivity index (χ3n) is 3.33. The molecule has 0 aromatic carbocycles. The van der Waals surface area contributed by atoms with E-state index in [4.69, 9.17) is 19.4 Å². The van der Waals surface area contributed by atoms with E-state index in [0.29, 0.717) is 19.1 Å². The van der Waals surface area contributed by atoms with Gasteiger partial charge in [0.2, 0.25) is 0 Å². The van der Waals surface area contributed by atoms with Crippen molar-refractivity contribution < 1.29 is 198 Å². The molecule has 5 nitrogen and oxygen atoms in total.